The Hall–Kier alpha value is -7.63. The van der Waals surface area contributed by atoms with E-state index in [9.17, 15) is 0 Å². The van der Waals surface area contributed by atoms with E-state index in [-0.39, 0.29) is 0 Å². The van der Waals surface area contributed by atoms with Crippen LogP contribution in [-0.2, 0) is 0 Å². The normalized spacial score (nSPS) is 11.6. The fourth-order valence-electron chi connectivity index (χ4n) is 8.00. The third-order valence-corrected chi connectivity index (χ3v) is 10.7. The Kier molecular flexibility index (Phi) is 7.42. The lowest BCUT2D eigenvalue weighted by atomic mass is 9.93. The van der Waals surface area contributed by atoms with Gasteiger partial charge in [0.1, 0.15) is 22.3 Å². The van der Waals surface area contributed by atoms with Crippen LogP contribution in [0.3, 0.4) is 0 Å². The highest BCUT2D eigenvalue weighted by Gasteiger charge is 2.21. The summed E-state index contributed by atoms with van der Waals surface area (Å²) < 4.78 is 13.2. The van der Waals surface area contributed by atoms with E-state index in [1.807, 2.05) is 67.0 Å². The molecule has 0 radical (unpaired) electrons. The molecule has 0 aliphatic carbocycles. The van der Waals surface area contributed by atoms with Gasteiger partial charge in [-0.25, -0.2) is 9.97 Å². The Balaban J connectivity index is 1.05. The molecule has 11 aromatic rings. The van der Waals surface area contributed by atoms with Crippen LogP contribution in [-0.4, -0.2) is 15.0 Å². The maximum atomic E-state index is 6.70. The Morgan fingerprint density at radius 1 is 0.339 bits per heavy atom. The van der Waals surface area contributed by atoms with E-state index in [4.69, 9.17) is 18.8 Å². The average molecular weight is 718 g/mol. The first-order valence-corrected chi connectivity index (χ1v) is 18.7. The van der Waals surface area contributed by atoms with Crippen LogP contribution in [0.25, 0.3) is 111 Å². The Bertz CT molecular complexity index is 3240. The van der Waals surface area contributed by atoms with Crippen molar-refractivity contribution in [3.63, 3.8) is 0 Å². The molecule has 5 nitrogen and oxygen atoms in total. The zero-order chi connectivity index (χ0) is 37.0. The molecule has 0 spiro atoms. The molecule has 5 heteroatoms. The van der Waals surface area contributed by atoms with E-state index in [1.54, 1.807) is 0 Å². The molecule has 0 N–H and O–H groups in total. The summed E-state index contributed by atoms with van der Waals surface area (Å²) in [5.41, 5.74) is 14.4. The molecule has 7 aromatic carbocycles. The van der Waals surface area contributed by atoms with Gasteiger partial charge in [-0.05, 0) is 58.7 Å². The van der Waals surface area contributed by atoms with Crippen LogP contribution in [0, 0.1) is 0 Å². The van der Waals surface area contributed by atoms with Gasteiger partial charge in [-0.15, -0.1) is 0 Å². The van der Waals surface area contributed by atoms with Crippen molar-refractivity contribution in [1.82, 2.24) is 15.0 Å². The number of hydrogen-bond donors (Lipinski definition) is 0. The maximum absolute atomic E-state index is 6.70. The van der Waals surface area contributed by atoms with E-state index >= 15 is 0 Å². The second-order valence-electron chi connectivity index (χ2n) is 13.9. The highest BCUT2D eigenvalue weighted by Crippen LogP contribution is 2.45. The van der Waals surface area contributed by atoms with Gasteiger partial charge in [-0.3, -0.25) is 4.98 Å². The molecule has 4 aromatic heterocycles. The third-order valence-electron chi connectivity index (χ3n) is 10.7. The van der Waals surface area contributed by atoms with E-state index in [2.05, 4.69) is 126 Å². The number of fused-ring (bicyclic) bond motifs is 6. The number of rotatable bonds is 6. The second kappa shape index (κ2) is 13.0. The van der Waals surface area contributed by atoms with Crippen LogP contribution >= 0.6 is 0 Å². The van der Waals surface area contributed by atoms with Gasteiger partial charge in [-0.1, -0.05) is 140 Å². The van der Waals surface area contributed by atoms with Crippen molar-refractivity contribution in [2.24, 2.45) is 0 Å². The summed E-state index contributed by atoms with van der Waals surface area (Å²) >= 11 is 0. The van der Waals surface area contributed by atoms with Crippen molar-refractivity contribution in [1.29, 1.82) is 0 Å². The van der Waals surface area contributed by atoms with Gasteiger partial charge in [0.25, 0.3) is 0 Å². The second-order valence-corrected chi connectivity index (χ2v) is 13.9. The minimum atomic E-state index is 0.653. The molecule has 4 heterocycles. The van der Waals surface area contributed by atoms with Gasteiger partial charge < -0.3 is 8.83 Å². The van der Waals surface area contributed by atoms with Crippen LogP contribution in [0.1, 0.15) is 0 Å². The van der Waals surface area contributed by atoms with Crippen molar-refractivity contribution in [2.75, 3.05) is 0 Å². The Morgan fingerprint density at radius 2 is 0.929 bits per heavy atom. The summed E-state index contributed by atoms with van der Waals surface area (Å²) in [5, 5.41) is 4.33. The zero-order valence-electron chi connectivity index (χ0n) is 30.1. The number of hydrogen-bond acceptors (Lipinski definition) is 5. The third kappa shape index (κ3) is 5.29. The highest BCUT2D eigenvalue weighted by atomic mass is 16.3. The SMILES string of the molecule is c1ccc(-c2cc(-c3ccccc3-c3ccncc3)nc(-c3ccc(-c4ccc(-c5cccc6c5oc5ccccc56)c5c4oc4ccccc45)cc3)n2)cc1. The molecule has 0 fully saturated rings. The quantitative estimate of drug-likeness (QED) is 0.171. The number of nitrogens with zero attached hydrogens (tertiary/aromatic N) is 3. The van der Waals surface area contributed by atoms with Gasteiger partial charge >= 0.3 is 0 Å². The molecule has 56 heavy (non-hydrogen) atoms. The molecule has 0 aliphatic rings. The topological polar surface area (TPSA) is 65.0 Å². The lowest BCUT2D eigenvalue weighted by molar-refractivity contribution is 0.669. The number of furan rings is 2. The lowest BCUT2D eigenvalue weighted by Gasteiger charge is -2.13. The fraction of sp³-hybridized carbons (Fsp3) is 0. The molecule has 0 saturated carbocycles. The van der Waals surface area contributed by atoms with Gasteiger partial charge in [0, 0.05) is 61.8 Å². The molecular formula is C51H31N3O2. The molecule has 0 saturated heterocycles. The van der Waals surface area contributed by atoms with Crippen molar-refractivity contribution in [3.8, 4) is 67.3 Å². The fourth-order valence-corrected chi connectivity index (χ4v) is 8.00. The predicted octanol–water partition coefficient (Wildman–Crippen LogP) is 13.7. The molecule has 0 aliphatic heterocycles. The first-order valence-electron chi connectivity index (χ1n) is 18.7. The van der Waals surface area contributed by atoms with E-state index in [0.29, 0.717) is 5.82 Å². The summed E-state index contributed by atoms with van der Waals surface area (Å²) in [6, 6.07) is 60.5. The molecule has 262 valence electrons. The van der Waals surface area contributed by atoms with Crippen LogP contribution < -0.4 is 0 Å². The largest absolute Gasteiger partial charge is 0.455 e. The van der Waals surface area contributed by atoms with Crippen LogP contribution in [0.15, 0.2) is 197 Å². The summed E-state index contributed by atoms with van der Waals surface area (Å²) in [4.78, 5) is 14.6. The number of pyridine rings is 1. The number of para-hydroxylation sites is 3. The maximum Gasteiger partial charge on any atom is 0.160 e. The van der Waals surface area contributed by atoms with Gasteiger partial charge in [-0.2, -0.15) is 0 Å². The molecule has 0 amide bonds. The molecule has 0 unspecified atom stereocenters. The monoisotopic (exact) mass is 717 g/mol. The summed E-state index contributed by atoms with van der Waals surface area (Å²) in [7, 11) is 0. The molecule has 0 atom stereocenters. The Morgan fingerprint density at radius 3 is 1.75 bits per heavy atom. The minimum Gasteiger partial charge on any atom is -0.455 e. The number of benzene rings is 7. The average Bonchev–Trinajstić information content (AvgIpc) is 3.86. The standard InChI is InChI=1S/C51H31N3O2/c1-2-11-34(12-3-1)44-31-45(38-14-5-4-13-36(38)33-27-29-52-30-28-33)54-51(53-44)35-23-21-32(22-24-35)37-25-26-40(48-43-16-7-9-20-47(43)56-50(37)48)42-18-10-17-41-39-15-6-8-19-46(39)55-49(41)42/h1-31H. The first kappa shape index (κ1) is 31.9. The molecular weight excluding hydrogens is 687 g/mol. The van der Waals surface area contributed by atoms with Crippen molar-refractivity contribution in [2.45, 2.75) is 0 Å². The summed E-state index contributed by atoms with van der Waals surface area (Å²) in [6.07, 6.45) is 3.64. The van der Waals surface area contributed by atoms with E-state index < -0.39 is 0 Å². The van der Waals surface area contributed by atoms with Crippen molar-refractivity contribution < 1.29 is 8.83 Å². The van der Waals surface area contributed by atoms with Gasteiger partial charge in [0.2, 0.25) is 0 Å². The van der Waals surface area contributed by atoms with Crippen LogP contribution in [0.5, 0.6) is 0 Å². The van der Waals surface area contributed by atoms with Crippen LogP contribution in [0.2, 0.25) is 0 Å². The number of aromatic nitrogens is 3. The zero-order valence-corrected chi connectivity index (χ0v) is 30.1. The lowest BCUT2D eigenvalue weighted by Crippen LogP contribution is -1.97. The smallest absolute Gasteiger partial charge is 0.160 e. The van der Waals surface area contributed by atoms with Gasteiger partial charge in [0.05, 0.1) is 11.4 Å². The van der Waals surface area contributed by atoms with Crippen molar-refractivity contribution >= 4 is 43.9 Å². The Labute approximate surface area is 322 Å². The minimum absolute atomic E-state index is 0.653. The predicted molar refractivity (Wildman–Crippen MR) is 227 cm³/mol. The van der Waals surface area contributed by atoms with Gasteiger partial charge in [0.15, 0.2) is 5.82 Å². The summed E-state index contributed by atoms with van der Waals surface area (Å²) in [5.74, 6) is 0.653. The van der Waals surface area contributed by atoms with E-state index in [1.165, 1.54) is 0 Å². The molecule has 0 bridgehead atoms. The van der Waals surface area contributed by atoms with Crippen LogP contribution in [0.4, 0.5) is 0 Å². The highest BCUT2D eigenvalue weighted by molar-refractivity contribution is 6.19. The molecule has 11 rings (SSSR count). The van der Waals surface area contributed by atoms with E-state index in [0.717, 1.165) is 105 Å². The summed E-state index contributed by atoms with van der Waals surface area (Å²) in [6.45, 7) is 0. The van der Waals surface area contributed by atoms with Crippen molar-refractivity contribution in [3.05, 3.63) is 188 Å². The first-order chi connectivity index (χ1) is 27.8.